The Kier molecular flexibility index (Phi) is 4.55. The van der Waals surface area contributed by atoms with Gasteiger partial charge in [0.05, 0.1) is 4.88 Å². The maximum Gasteiger partial charge on any atom is 0.261 e. The van der Waals surface area contributed by atoms with Crippen molar-refractivity contribution in [1.29, 1.82) is 0 Å². The van der Waals surface area contributed by atoms with Gasteiger partial charge in [0.15, 0.2) is 0 Å². The van der Waals surface area contributed by atoms with Gasteiger partial charge in [0.1, 0.15) is 0 Å². The fraction of sp³-hybridized carbons (Fsp3) is 0.375. The molecule has 2 aromatic rings. The Bertz CT molecular complexity index is 570. The average molecular weight is 288 g/mol. The summed E-state index contributed by atoms with van der Waals surface area (Å²) in [5, 5.41) is 2.96. The van der Waals surface area contributed by atoms with Gasteiger partial charge < -0.3 is 5.32 Å². The lowest BCUT2D eigenvalue weighted by Crippen LogP contribution is -2.24. The molecule has 0 unspecified atom stereocenters. The van der Waals surface area contributed by atoms with Crippen LogP contribution in [-0.4, -0.2) is 17.4 Å². The molecule has 0 spiro atoms. The van der Waals surface area contributed by atoms with Gasteiger partial charge in [-0.25, -0.2) is 0 Å². The second-order valence-corrected chi connectivity index (χ2v) is 6.86. The molecule has 2 aromatic heterocycles. The van der Waals surface area contributed by atoms with Crippen LogP contribution in [0.4, 0.5) is 0 Å². The molecule has 0 aromatic carbocycles. The van der Waals surface area contributed by atoms with Gasteiger partial charge >= 0.3 is 0 Å². The van der Waals surface area contributed by atoms with Crippen LogP contribution in [0.15, 0.2) is 36.7 Å². The highest BCUT2D eigenvalue weighted by molar-refractivity contribution is 7.14. The van der Waals surface area contributed by atoms with E-state index in [4.69, 9.17) is 0 Å². The Hall–Kier alpha value is -1.68. The van der Waals surface area contributed by atoms with Crippen LogP contribution in [0.25, 0.3) is 0 Å². The van der Waals surface area contributed by atoms with E-state index in [1.807, 2.05) is 30.5 Å². The molecule has 3 nitrogen and oxygen atoms in total. The van der Waals surface area contributed by atoms with Gasteiger partial charge in [-0.15, -0.1) is 11.3 Å². The summed E-state index contributed by atoms with van der Waals surface area (Å²) in [7, 11) is 0. The Balaban J connectivity index is 1.88. The number of amides is 1. The predicted molar refractivity (Wildman–Crippen MR) is 83.3 cm³/mol. The number of rotatable bonds is 4. The van der Waals surface area contributed by atoms with Crippen molar-refractivity contribution in [3.8, 4) is 0 Å². The second-order valence-electron chi connectivity index (χ2n) is 5.78. The molecule has 1 amide bonds. The Morgan fingerprint density at radius 1 is 1.30 bits per heavy atom. The molecular weight excluding hydrogens is 268 g/mol. The highest BCUT2D eigenvalue weighted by atomic mass is 32.1. The minimum atomic E-state index is 0.00869. The molecule has 2 rings (SSSR count). The zero-order valence-corrected chi connectivity index (χ0v) is 13.0. The van der Waals surface area contributed by atoms with Gasteiger partial charge in [-0.1, -0.05) is 26.8 Å². The number of nitrogens with one attached hydrogen (secondary N) is 1. The Morgan fingerprint density at radius 3 is 2.70 bits per heavy atom. The molecule has 0 bridgehead atoms. The molecule has 0 saturated heterocycles. The van der Waals surface area contributed by atoms with Crippen LogP contribution in [0.5, 0.6) is 0 Å². The number of carbonyl (C=O) groups excluding carboxylic acids is 1. The summed E-state index contributed by atoms with van der Waals surface area (Å²) < 4.78 is 0. The van der Waals surface area contributed by atoms with Crippen molar-refractivity contribution in [1.82, 2.24) is 10.3 Å². The summed E-state index contributed by atoms with van der Waals surface area (Å²) in [6.45, 7) is 7.10. The van der Waals surface area contributed by atoms with E-state index in [2.05, 4.69) is 31.1 Å². The van der Waals surface area contributed by atoms with E-state index in [0.717, 1.165) is 16.9 Å². The molecule has 2 heterocycles. The van der Waals surface area contributed by atoms with Crippen LogP contribution in [0.2, 0.25) is 0 Å². The van der Waals surface area contributed by atoms with E-state index >= 15 is 0 Å². The summed E-state index contributed by atoms with van der Waals surface area (Å²) in [4.78, 5) is 18.1. The molecule has 20 heavy (non-hydrogen) atoms. The maximum atomic E-state index is 12.1. The number of hydrogen-bond donors (Lipinski definition) is 1. The first-order valence-electron chi connectivity index (χ1n) is 6.74. The Labute approximate surface area is 124 Å². The van der Waals surface area contributed by atoms with Crippen molar-refractivity contribution < 1.29 is 4.79 Å². The monoisotopic (exact) mass is 288 g/mol. The van der Waals surface area contributed by atoms with Gasteiger partial charge in [-0.2, -0.15) is 0 Å². The van der Waals surface area contributed by atoms with Crippen LogP contribution in [-0.2, 0) is 11.8 Å². The third-order valence-corrected chi connectivity index (χ3v) is 4.50. The smallest absolute Gasteiger partial charge is 0.261 e. The summed E-state index contributed by atoms with van der Waals surface area (Å²) in [5.74, 6) is 0.00869. The lowest BCUT2D eigenvalue weighted by atomic mass is 9.95. The number of thiophene rings is 1. The zero-order valence-electron chi connectivity index (χ0n) is 12.1. The lowest BCUT2D eigenvalue weighted by Gasteiger charge is -2.15. The largest absolute Gasteiger partial charge is 0.351 e. The summed E-state index contributed by atoms with van der Waals surface area (Å²) in [5.41, 5.74) is 1.23. The predicted octanol–water partition coefficient (Wildman–Crippen LogP) is 3.41. The topological polar surface area (TPSA) is 42.0 Å². The Morgan fingerprint density at radius 2 is 2.10 bits per heavy atom. The third kappa shape index (κ3) is 3.90. The maximum absolute atomic E-state index is 12.1. The molecule has 0 radical (unpaired) electrons. The number of hydrogen-bond acceptors (Lipinski definition) is 3. The standard InChI is InChI=1S/C16H20N2OS/c1-16(2,3)14-7-6-13(20-14)15(19)18-10-8-12-5-4-9-17-11-12/h4-7,9,11H,8,10H2,1-3H3,(H,18,19). The van der Waals surface area contributed by atoms with Crippen LogP contribution in [0, 0.1) is 0 Å². The van der Waals surface area contributed by atoms with Crippen LogP contribution >= 0.6 is 11.3 Å². The van der Waals surface area contributed by atoms with Crippen molar-refractivity contribution in [3.63, 3.8) is 0 Å². The van der Waals surface area contributed by atoms with E-state index in [0.29, 0.717) is 6.54 Å². The first kappa shape index (κ1) is 14.7. The van der Waals surface area contributed by atoms with E-state index < -0.39 is 0 Å². The van der Waals surface area contributed by atoms with Gasteiger partial charge in [-0.05, 0) is 35.6 Å². The number of aromatic nitrogens is 1. The summed E-state index contributed by atoms with van der Waals surface area (Å²) in [6, 6.07) is 7.87. The minimum Gasteiger partial charge on any atom is -0.351 e. The molecule has 0 aliphatic rings. The van der Waals surface area contributed by atoms with Crippen molar-refractivity contribution in [3.05, 3.63) is 52.0 Å². The molecule has 0 fully saturated rings. The number of carbonyl (C=O) groups is 1. The number of nitrogens with zero attached hydrogens (tertiary/aromatic N) is 1. The molecule has 0 atom stereocenters. The third-order valence-electron chi connectivity index (χ3n) is 2.99. The van der Waals surface area contributed by atoms with Gasteiger partial charge in [0, 0.05) is 23.8 Å². The van der Waals surface area contributed by atoms with Gasteiger partial charge in [0.25, 0.3) is 5.91 Å². The quantitative estimate of drug-likeness (QED) is 0.936. The van der Waals surface area contributed by atoms with Crippen molar-refractivity contribution in [2.75, 3.05) is 6.54 Å². The highest BCUT2D eigenvalue weighted by Gasteiger charge is 2.18. The molecule has 106 valence electrons. The van der Waals surface area contributed by atoms with E-state index in [-0.39, 0.29) is 11.3 Å². The van der Waals surface area contributed by atoms with Crippen LogP contribution in [0.3, 0.4) is 0 Å². The molecule has 4 heteroatoms. The molecule has 0 saturated carbocycles. The van der Waals surface area contributed by atoms with Crippen LogP contribution in [0.1, 0.15) is 40.9 Å². The highest BCUT2D eigenvalue weighted by Crippen LogP contribution is 2.29. The zero-order chi connectivity index (χ0) is 14.6. The van der Waals surface area contributed by atoms with Crippen LogP contribution < -0.4 is 5.32 Å². The van der Waals surface area contributed by atoms with E-state index in [1.165, 1.54) is 4.88 Å². The lowest BCUT2D eigenvalue weighted by molar-refractivity contribution is 0.0958. The number of pyridine rings is 1. The molecule has 1 N–H and O–H groups in total. The summed E-state index contributed by atoms with van der Waals surface area (Å²) in [6.07, 6.45) is 4.38. The van der Waals surface area contributed by atoms with E-state index in [1.54, 1.807) is 17.5 Å². The molecule has 0 aliphatic heterocycles. The molecule has 0 aliphatic carbocycles. The normalized spacial score (nSPS) is 11.3. The summed E-state index contributed by atoms with van der Waals surface area (Å²) >= 11 is 1.57. The van der Waals surface area contributed by atoms with Gasteiger partial charge in [0.2, 0.25) is 0 Å². The van der Waals surface area contributed by atoms with Crippen molar-refractivity contribution in [2.24, 2.45) is 0 Å². The first-order valence-corrected chi connectivity index (χ1v) is 7.56. The minimum absolute atomic E-state index is 0.00869. The second kappa shape index (κ2) is 6.18. The average Bonchev–Trinajstić information content (AvgIpc) is 2.89. The first-order chi connectivity index (χ1) is 9.47. The fourth-order valence-electron chi connectivity index (χ4n) is 1.82. The van der Waals surface area contributed by atoms with Crippen molar-refractivity contribution >= 4 is 17.2 Å². The fourth-order valence-corrected chi connectivity index (χ4v) is 2.80. The van der Waals surface area contributed by atoms with E-state index in [9.17, 15) is 4.79 Å². The van der Waals surface area contributed by atoms with Crippen molar-refractivity contribution in [2.45, 2.75) is 32.6 Å². The molecular formula is C16H20N2OS. The SMILES string of the molecule is CC(C)(C)c1ccc(C(=O)NCCc2cccnc2)s1. The van der Waals surface area contributed by atoms with Gasteiger partial charge in [-0.3, -0.25) is 9.78 Å².